The molecule has 74 valence electrons. The number of nitrogens with zero attached hydrogens (tertiary/aromatic N) is 1. The summed E-state index contributed by atoms with van der Waals surface area (Å²) in [4.78, 5) is 0. The number of hydrogen-bond donors (Lipinski definition) is 0. The summed E-state index contributed by atoms with van der Waals surface area (Å²) < 4.78 is 11.5. The first-order chi connectivity index (χ1) is 6.83. The van der Waals surface area contributed by atoms with Crippen LogP contribution in [0.5, 0.6) is 0 Å². The molecular formula is C11H13NOS. The first kappa shape index (κ1) is 10.9. The minimum absolute atomic E-state index is 0.501. The molecule has 2 nitrogen and oxygen atoms in total. The van der Waals surface area contributed by atoms with E-state index in [4.69, 9.17) is 5.26 Å². The van der Waals surface area contributed by atoms with Crippen LogP contribution in [0.2, 0.25) is 0 Å². The monoisotopic (exact) mass is 207 g/mol. The lowest BCUT2D eigenvalue weighted by molar-refractivity contribution is 0.680. The quantitative estimate of drug-likeness (QED) is 0.695. The van der Waals surface area contributed by atoms with Crippen LogP contribution in [-0.4, -0.2) is 9.96 Å². The Bertz CT molecular complexity index is 329. The second-order valence-electron chi connectivity index (χ2n) is 3.04. The molecule has 0 bridgehead atoms. The Morgan fingerprint density at radius 2 is 2.00 bits per heavy atom. The van der Waals surface area contributed by atoms with Gasteiger partial charge in [-0.3, -0.25) is 4.21 Å². The summed E-state index contributed by atoms with van der Waals surface area (Å²) in [5, 5.41) is 8.32. The number of nitriles is 1. The average Bonchev–Trinajstić information content (AvgIpc) is 2.20. The van der Waals surface area contributed by atoms with Crippen molar-refractivity contribution in [1.82, 2.24) is 0 Å². The molecule has 0 amide bonds. The summed E-state index contributed by atoms with van der Waals surface area (Å²) in [7, 11) is -0.824. The van der Waals surface area contributed by atoms with Crippen LogP contribution in [0.1, 0.15) is 18.4 Å². The predicted molar refractivity (Wildman–Crippen MR) is 58.0 cm³/mol. The molecule has 0 aromatic heterocycles. The normalized spacial score (nSPS) is 11.9. The van der Waals surface area contributed by atoms with Crippen LogP contribution in [0, 0.1) is 11.3 Å². The first-order valence-electron chi connectivity index (χ1n) is 4.59. The molecule has 0 aliphatic heterocycles. The van der Waals surface area contributed by atoms with Gasteiger partial charge in [-0.25, -0.2) is 0 Å². The molecule has 0 radical (unpaired) electrons. The van der Waals surface area contributed by atoms with Crippen molar-refractivity contribution in [3.05, 3.63) is 35.9 Å². The van der Waals surface area contributed by atoms with Crippen molar-refractivity contribution >= 4 is 10.8 Å². The minimum Gasteiger partial charge on any atom is -0.259 e. The molecule has 0 fully saturated rings. The van der Waals surface area contributed by atoms with Crippen molar-refractivity contribution in [1.29, 1.82) is 5.26 Å². The molecule has 14 heavy (non-hydrogen) atoms. The number of benzene rings is 1. The van der Waals surface area contributed by atoms with E-state index in [0.717, 1.165) is 12.0 Å². The van der Waals surface area contributed by atoms with Gasteiger partial charge in [0, 0.05) is 28.7 Å². The van der Waals surface area contributed by atoms with E-state index in [9.17, 15) is 4.21 Å². The van der Waals surface area contributed by atoms with Crippen molar-refractivity contribution in [3.8, 4) is 6.07 Å². The van der Waals surface area contributed by atoms with Crippen LogP contribution in [0.15, 0.2) is 30.3 Å². The molecule has 3 heteroatoms. The summed E-state index contributed by atoms with van der Waals surface area (Å²) in [6.07, 6.45) is 1.23. The maximum Gasteiger partial charge on any atom is 0.0622 e. The fraction of sp³-hybridized carbons (Fsp3) is 0.364. The molecule has 0 heterocycles. The topological polar surface area (TPSA) is 40.9 Å². The lowest BCUT2D eigenvalue weighted by atomic mass is 10.2. The zero-order chi connectivity index (χ0) is 10.2. The molecule has 0 aliphatic rings. The Balaban J connectivity index is 2.32. The molecule has 0 saturated heterocycles. The van der Waals surface area contributed by atoms with E-state index < -0.39 is 10.8 Å². The van der Waals surface area contributed by atoms with Gasteiger partial charge >= 0.3 is 0 Å². The molecule has 1 rings (SSSR count). The lowest BCUT2D eigenvalue weighted by Crippen LogP contribution is -2.00. The molecule has 0 saturated carbocycles. The van der Waals surface area contributed by atoms with E-state index in [1.54, 1.807) is 0 Å². The largest absolute Gasteiger partial charge is 0.259 e. The highest BCUT2D eigenvalue weighted by molar-refractivity contribution is 7.84. The van der Waals surface area contributed by atoms with Crippen LogP contribution < -0.4 is 0 Å². The van der Waals surface area contributed by atoms with Gasteiger partial charge in [-0.1, -0.05) is 30.3 Å². The summed E-state index contributed by atoms with van der Waals surface area (Å²) in [6.45, 7) is 0. The lowest BCUT2D eigenvalue weighted by Gasteiger charge is -2.00. The van der Waals surface area contributed by atoms with Gasteiger partial charge in [0.2, 0.25) is 0 Å². The summed E-state index contributed by atoms with van der Waals surface area (Å²) in [6, 6.07) is 11.8. The highest BCUT2D eigenvalue weighted by Crippen LogP contribution is 2.04. The molecule has 1 unspecified atom stereocenters. The van der Waals surface area contributed by atoms with Gasteiger partial charge in [0.25, 0.3) is 0 Å². The zero-order valence-electron chi connectivity index (χ0n) is 7.98. The standard InChI is InChI=1S/C11H13NOS/c12-8-4-5-9-14(13)10-11-6-2-1-3-7-11/h1-3,6-7H,4-5,9-10H2. The smallest absolute Gasteiger partial charge is 0.0622 e. The van der Waals surface area contributed by atoms with Crippen LogP contribution in [-0.2, 0) is 16.6 Å². The summed E-state index contributed by atoms with van der Waals surface area (Å²) in [5.74, 6) is 1.23. The van der Waals surface area contributed by atoms with E-state index >= 15 is 0 Å². The van der Waals surface area contributed by atoms with Crippen LogP contribution in [0.3, 0.4) is 0 Å². The van der Waals surface area contributed by atoms with E-state index in [-0.39, 0.29) is 0 Å². The van der Waals surface area contributed by atoms with Crippen molar-refractivity contribution in [3.63, 3.8) is 0 Å². The highest BCUT2D eigenvalue weighted by atomic mass is 32.2. The maximum absolute atomic E-state index is 11.5. The average molecular weight is 207 g/mol. The Labute approximate surface area is 87.0 Å². The summed E-state index contributed by atoms with van der Waals surface area (Å²) in [5.41, 5.74) is 1.10. The van der Waals surface area contributed by atoms with Gasteiger partial charge in [-0.05, 0) is 12.0 Å². The Morgan fingerprint density at radius 3 is 2.64 bits per heavy atom. The van der Waals surface area contributed by atoms with Crippen LogP contribution >= 0.6 is 0 Å². The third-order valence-electron chi connectivity index (χ3n) is 1.83. The number of rotatable bonds is 5. The predicted octanol–water partition coefficient (Wildman–Crippen LogP) is 2.24. The van der Waals surface area contributed by atoms with Gasteiger partial charge in [0.1, 0.15) is 0 Å². The minimum atomic E-state index is -0.824. The zero-order valence-corrected chi connectivity index (χ0v) is 8.80. The molecule has 0 aliphatic carbocycles. The van der Waals surface area contributed by atoms with Crippen LogP contribution in [0.25, 0.3) is 0 Å². The van der Waals surface area contributed by atoms with Crippen LogP contribution in [0.4, 0.5) is 0 Å². The first-order valence-corrected chi connectivity index (χ1v) is 6.07. The van der Waals surface area contributed by atoms with Gasteiger partial charge in [0.15, 0.2) is 0 Å². The number of unbranched alkanes of at least 4 members (excludes halogenated alkanes) is 1. The molecular weight excluding hydrogens is 194 g/mol. The second-order valence-corrected chi connectivity index (χ2v) is 4.61. The SMILES string of the molecule is N#CCCCS(=O)Cc1ccccc1. The molecule has 1 atom stereocenters. The van der Waals surface area contributed by atoms with Crippen molar-refractivity contribution in [2.45, 2.75) is 18.6 Å². The van der Waals surface area contributed by atoms with Crippen molar-refractivity contribution < 1.29 is 4.21 Å². The molecule has 0 spiro atoms. The van der Waals surface area contributed by atoms with E-state index in [0.29, 0.717) is 17.9 Å². The van der Waals surface area contributed by atoms with Crippen molar-refractivity contribution in [2.24, 2.45) is 0 Å². The Morgan fingerprint density at radius 1 is 1.29 bits per heavy atom. The second kappa shape index (κ2) is 6.33. The van der Waals surface area contributed by atoms with Crippen molar-refractivity contribution in [2.75, 3.05) is 5.75 Å². The van der Waals surface area contributed by atoms with Gasteiger partial charge < -0.3 is 0 Å². The van der Waals surface area contributed by atoms with Gasteiger partial charge in [-0.15, -0.1) is 0 Å². The number of hydrogen-bond acceptors (Lipinski definition) is 2. The Hall–Kier alpha value is -1.14. The Kier molecular flexibility index (Phi) is 4.95. The molecule has 1 aromatic carbocycles. The highest BCUT2D eigenvalue weighted by Gasteiger charge is 2.00. The fourth-order valence-electron chi connectivity index (χ4n) is 1.14. The van der Waals surface area contributed by atoms with E-state index in [2.05, 4.69) is 6.07 Å². The summed E-state index contributed by atoms with van der Waals surface area (Å²) >= 11 is 0. The third-order valence-corrected chi connectivity index (χ3v) is 3.23. The van der Waals surface area contributed by atoms with E-state index in [1.165, 1.54) is 0 Å². The fourth-order valence-corrected chi connectivity index (χ4v) is 2.32. The van der Waals surface area contributed by atoms with Gasteiger partial charge in [0.05, 0.1) is 6.07 Å². The van der Waals surface area contributed by atoms with Gasteiger partial charge in [-0.2, -0.15) is 5.26 Å². The third kappa shape index (κ3) is 4.20. The maximum atomic E-state index is 11.5. The molecule has 0 N–H and O–H groups in total. The molecule has 1 aromatic rings. The van der Waals surface area contributed by atoms with E-state index in [1.807, 2.05) is 30.3 Å².